The van der Waals surface area contributed by atoms with E-state index in [0.717, 1.165) is 0 Å². The minimum atomic E-state index is -0.700. The standard InChI is InChI=1S/C7H11NO3/c1-11-6(10)4-5(9)7(8)2-3-7/h2-4,8H2,1H3. The molecule has 1 rings (SSSR count). The van der Waals surface area contributed by atoms with E-state index in [1.54, 1.807) is 0 Å². The number of carbonyl (C=O) groups excluding carboxylic acids is 2. The maximum atomic E-state index is 11.1. The molecule has 0 amide bonds. The van der Waals surface area contributed by atoms with Crippen LogP contribution in [0, 0.1) is 0 Å². The first-order valence-electron chi connectivity index (χ1n) is 3.47. The minimum Gasteiger partial charge on any atom is -0.469 e. The smallest absolute Gasteiger partial charge is 0.313 e. The molecule has 0 unspecified atom stereocenters. The van der Waals surface area contributed by atoms with E-state index in [9.17, 15) is 9.59 Å². The molecular formula is C7H11NO3. The Labute approximate surface area is 64.7 Å². The lowest BCUT2D eigenvalue weighted by molar-refractivity contribution is -0.143. The van der Waals surface area contributed by atoms with Crippen LogP contribution in [-0.2, 0) is 14.3 Å². The van der Waals surface area contributed by atoms with Crippen molar-refractivity contribution >= 4 is 11.8 Å². The summed E-state index contributed by atoms with van der Waals surface area (Å²) in [5, 5.41) is 0. The predicted octanol–water partition coefficient (Wildman–Crippen LogP) is -0.390. The van der Waals surface area contributed by atoms with E-state index in [4.69, 9.17) is 5.73 Å². The van der Waals surface area contributed by atoms with Gasteiger partial charge in [0.25, 0.3) is 0 Å². The second kappa shape index (κ2) is 2.62. The van der Waals surface area contributed by atoms with Crippen LogP contribution in [-0.4, -0.2) is 24.4 Å². The fraction of sp³-hybridized carbons (Fsp3) is 0.714. The van der Waals surface area contributed by atoms with E-state index in [1.807, 2.05) is 0 Å². The average molecular weight is 157 g/mol. The predicted molar refractivity (Wildman–Crippen MR) is 37.8 cm³/mol. The van der Waals surface area contributed by atoms with Crippen molar-refractivity contribution in [2.24, 2.45) is 5.73 Å². The monoisotopic (exact) mass is 157 g/mol. The quantitative estimate of drug-likeness (QED) is 0.447. The molecule has 62 valence electrons. The van der Waals surface area contributed by atoms with E-state index in [-0.39, 0.29) is 12.2 Å². The fourth-order valence-corrected chi connectivity index (χ4v) is 0.793. The third-order valence-electron chi connectivity index (χ3n) is 1.88. The number of esters is 1. The zero-order chi connectivity index (χ0) is 8.48. The summed E-state index contributed by atoms with van der Waals surface area (Å²) >= 11 is 0. The number of carbonyl (C=O) groups is 2. The zero-order valence-corrected chi connectivity index (χ0v) is 6.42. The molecule has 1 aliphatic rings. The highest BCUT2D eigenvalue weighted by molar-refractivity contribution is 6.02. The van der Waals surface area contributed by atoms with Gasteiger partial charge in [-0.05, 0) is 12.8 Å². The Morgan fingerprint density at radius 3 is 2.45 bits per heavy atom. The molecule has 1 saturated carbocycles. The Morgan fingerprint density at radius 1 is 1.55 bits per heavy atom. The van der Waals surface area contributed by atoms with Gasteiger partial charge in [0.2, 0.25) is 0 Å². The van der Waals surface area contributed by atoms with Gasteiger partial charge in [0.05, 0.1) is 12.6 Å². The third-order valence-corrected chi connectivity index (χ3v) is 1.88. The molecular weight excluding hydrogens is 146 g/mol. The summed E-state index contributed by atoms with van der Waals surface area (Å²) in [6, 6.07) is 0. The average Bonchev–Trinajstić information content (AvgIpc) is 2.69. The van der Waals surface area contributed by atoms with Gasteiger partial charge < -0.3 is 10.5 Å². The Morgan fingerprint density at radius 2 is 2.09 bits per heavy atom. The van der Waals surface area contributed by atoms with E-state index < -0.39 is 11.5 Å². The number of rotatable bonds is 3. The van der Waals surface area contributed by atoms with Crippen molar-refractivity contribution in [1.29, 1.82) is 0 Å². The van der Waals surface area contributed by atoms with Crippen molar-refractivity contribution < 1.29 is 14.3 Å². The molecule has 0 aromatic heterocycles. The van der Waals surface area contributed by atoms with Crippen LogP contribution in [0.3, 0.4) is 0 Å². The number of methoxy groups -OCH3 is 1. The zero-order valence-electron chi connectivity index (χ0n) is 6.42. The van der Waals surface area contributed by atoms with Crippen LogP contribution >= 0.6 is 0 Å². The number of hydrogen-bond acceptors (Lipinski definition) is 4. The van der Waals surface area contributed by atoms with E-state index >= 15 is 0 Å². The summed E-state index contributed by atoms with van der Waals surface area (Å²) in [4.78, 5) is 21.7. The summed E-state index contributed by atoms with van der Waals surface area (Å²) in [7, 11) is 1.26. The molecule has 11 heavy (non-hydrogen) atoms. The second-order valence-electron chi connectivity index (χ2n) is 2.83. The van der Waals surface area contributed by atoms with Crippen LogP contribution in [0.25, 0.3) is 0 Å². The van der Waals surface area contributed by atoms with Crippen LogP contribution in [0.4, 0.5) is 0 Å². The molecule has 0 bridgehead atoms. The number of hydrogen-bond donors (Lipinski definition) is 1. The van der Waals surface area contributed by atoms with Crippen molar-refractivity contribution in [2.45, 2.75) is 24.8 Å². The highest BCUT2D eigenvalue weighted by Gasteiger charge is 2.45. The van der Waals surface area contributed by atoms with Crippen LogP contribution in [0.2, 0.25) is 0 Å². The van der Waals surface area contributed by atoms with Crippen LogP contribution < -0.4 is 5.73 Å². The molecule has 4 nitrogen and oxygen atoms in total. The number of ether oxygens (including phenoxy) is 1. The first-order valence-corrected chi connectivity index (χ1v) is 3.47. The molecule has 0 radical (unpaired) electrons. The topological polar surface area (TPSA) is 69.4 Å². The van der Waals surface area contributed by atoms with Gasteiger partial charge in [-0.15, -0.1) is 0 Å². The Bertz CT molecular complexity index is 196. The molecule has 0 atom stereocenters. The Hall–Kier alpha value is -0.900. The lowest BCUT2D eigenvalue weighted by atomic mass is 10.1. The highest BCUT2D eigenvalue weighted by Crippen LogP contribution is 2.33. The van der Waals surface area contributed by atoms with Gasteiger partial charge in [0.1, 0.15) is 6.42 Å². The van der Waals surface area contributed by atoms with E-state index in [1.165, 1.54) is 7.11 Å². The largest absolute Gasteiger partial charge is 0.469 e. The Kier molecular flexibility index (Phi) is 1.95. The summed E-state index contributed by atoms with van der Waals surface area (Å²) < 4.78 is 4.33. The van der Waals surface area contributed by atoms with Gasteiger partial charge >= 0.3 is 5.97 Å². The van der Waals surface area contributed by atoms with E-state index in [2.05, 4.69) is 4.74 Å². The minimum absolute atomic E-state index is 0.188. The number of ketones is 1. The SMILES string of the molecule is COC(=O)CC(=O)C1(N)CC1. The van der Waals surface area contributed by atoms with Crippen LogP contribution in [0.15, 0.2) is 0 Å². The summed E-state index contributed by atoms with van der Waals surface area (Å²) in [5.74, 6) is -0.712. The molecule has 0 aliphatic heterocycles. The molecule has 0 saturated heterocycles. The maximum absolute atomic E-state index is 11.1. The van der Waals surface area contributed by atoms with Crippen molar-refractivity contribution in [1.82, 2.24) is 0 Å². The fourth-order valence-electron chi connectivity index (χ4n) is 0.793. The molecule has 2 N–H and O–H groups in total. The molecule has 0 aromatic rings. The van der Waals surface area contributed by atoms with Crippen LogP contribution in [0.5, 0.6) is 0 Å². The van der Waals surface area contributed by atoms with Crippen molar-refractivity contribution in [3.05, 3.63) is 0 Å². The van der Waals surface area contributed by atoms with Crippen molar-refractivity contribution in [3.63, 3.8) is 0 Å². The van der Waals surface area contributed by atoms with Crippen molar-refractivity contribution in [2.75, 3.05) is 7.11 Å². The molecule has 0 heterocycles. The van der Waals surface area contributed by atoms with Crippen molar-refractivity contribution in [3.8, 4) is 0 Å². The summed E-state index contributed by atoms with van der Waals surface area (Å²) in [6.07, 6.45) is 1.21. The number of nitrogens with two attached hydrogens (primary N) is 1. The second-order valence-corrected chi connectivity index (χ2v) is 2.83. The third kappa shape index (κ3) is 1.77. The lowest BCUT2D eigenvalue weighted by Gasteiger charge is -2.04. The summed E-state index contributed by atoms with van der Waals surface area (Å²) in [6.45, 7) is 0. The molecule has 1 fully saturated rings. The Balaban J connectivity index is 2.38. The van der Waals surface area contributed by atoms with Gasteiger partial charge in [-0.25, -0.2) is 0 Å². The van der Waals surface area contributed by atoms with Gasteiger partial charge in [-0.3, -0.25) is 9.59 Å². The summed E-state index contributed by atoms with van der Waals surface area (Å²) in [5.41, 5.74) is 4.84. The first-order chi connectivity index (χ1) is 5.08. The number of Topliss-reactive ketones (excluding diaryl/α,β-unsaturated/α-hetero) is 1. The van der Waals surface area contributed by atoms with Gasteiger partial charge in [-0.1, -0.05) is 0 Å². The molecule has 4 heteroatoms. The van der Waals surface area contributed by atoms with Gasteiger partial charge in [0, 0.05) is 0 Å². The molecule has 1 aliphatic carbocycles. The lowest BCUT2D eigenvalue weighted by Crippen LogP contribution is -2.34. The first kappa shape index (κ1) is 8.20. The molecule has 0 spiro atoms. The van der Waals surface area contributed by atoms with E-state index in [0.29, 0.717) is 12.8 Å². The van der Waals surface area contributed by atoms with Gasteiger partial charge in [-0.2, -0.15) is 0 Å². The van der Waals surface area contributed by atoms with Gasteiger partial charge in [0.15, 0.2) is 5.78 Å². The maximum Gasteiger partial charge on any atom is 0.313 e. The normalized spacial score (nSPS) is 19.1. The van der Waals surface area contributed by atoms with Crippen LogP contribution in [0.1, 0.15) is 19.3 Å². The highest BCUT2D eigenvalue weighted by atomic mass is 16.5. The molecule has 0 aromatic carbocycles.